The average molecular weight is 449 g/mol. The third-order valence-corrected chi connectivity index (χ3v) is 7.48. The van der Waals surface area contributed by atoms with Gasteiger partial charge in [-0.15, -0.1) is 0 Å². The molecule has 172 valence electrons. The second kappa shape index (κ2) is 8.17. The van der Waals surface area contributed by atoms with Crippen molar-refractivity contribution in [3.63, 3.8) is 0 Å². The van der Waals surface area contributed by atoms with E-state index >= 15 is 0 Å². The van der Waals surface area contributed by atoms with Gasteiger partial charge in [-0.05, 0) is 48.4 Å². The van der Waals surface area contributed by atoms with Gasteiger partial charge in [0.25, 0.3) is 5.91 Å². The summed E-state index contributed by atoms with van der Waals surface area (Å²) in [5.41, 5.74) is 1.67. The summed E-state index contributed by atoms with van der Waals surface area (Å²) in [7, 11) is 1.64. The van der Waals surface area contributed by atoms with Crippen molar-refractivity contribution in [2.75, 3.05) is 25.5 Å². The van der Waals surface area contributed by atoms with E-state index < -0.39 is 5.54 Å². The number of carbonyl (C=O) groups is 4. The van der Waals surface area contributed by atoms with Crippen LogP contribution in [0.3, 0.4) is 0 Å². The van der Waals surface area contributed by atoms with Gasteiger partial charge in [0.05, 0.1) is 6.54 Å². The molecule has 8 nitrogen and oxygen atoms in total. The van der Waals surface area contributed by atoms with Crippen molar-refractivity contribution in [3.05, 3.63) is 53.6 Å². The molecule has 2 saturated heterocycles. The highest BCUT2D eigenvalue weighted by Crippen LogP contribution is 2.38. The van der Waals surface area contributed by atoms with Crippen LogP contribution < -0.4 is 10.6 Å². The Morgan fingerprint density at radius 1 is 1.18 bits per heavy atom. The Kier molecular flexibility index (Phi) is 5.31. The van der Waals surface area contributed by atoms with Crippen molar-refractivity contribution in [2.45, 2.75) is 37.6 Å². The van der Waals surface area contributed by atoms with Gasteiger partial charge in [-0.3, -0.25) is 19.7 Å². The number of allylic oxidation sites excluding steroid dienone is 4. The topological polar surface area (TPSA) is 98.8 Å². The first-order valence-electron chi connectivity index (χ1n) is 11.5. The average Bonchev–Trinajstić information content (AvgIpc) is 3.29. The van der Waals surface area contributed by atoms with Crippen LogP contribution in [0.25, 0.3) is 0 Å². The van der Waals surface area contributed by atoms with Gasteiger partial charge in [0.2, 0.25) is 11.8 Å². The molecule has 1 aromatic rings. The van der Waals surface area contributed by atoms with Crippen molar-refractivity contribution in [1.29, 1.82) is 0 Å². The molecule has 0 radical (unpaired) electrons. The van der Waals surface area contributed by atoms with Crippen molar-refractivity contribution < 1.29 is 19.2 Å². The summed E-state index contributed by atoms with van der Waals surface area (Å²) in [6.07, 6.45) is 11.7. The maximum atomic E-state index is 13.0. The molecular weight excluding hydrogens is 420 g/mol. The second-order valence-electron chi connectivity index (χ2n) is 9.46. The van der Waals surface area contributed by atoms with Gasteiger partial charge in [-0.25, -0.2) is 4.79 Å². The number of nitrogens with zero attached hydrogens (tertiary/aromatic N) is 2. The Labute approximate surface area is 192 Å². The summed E-state index contributed by atoms with van der Waals surface area (Å²) in [5.74, 6) is -0.325. The Hall–Kier alpha value is -3.42. The monoisotopic (exact) mass is 448 g/mol. The van der Waals surface area contributed by atoms with Crippen molar-refractivity contribution in [3.8, 4) is 0 Å². The summed E-state index contributed by atoms with van der Waals surface area (Å²) in [4.78, 5) is 53.3. The fraction of sp³-hybridized carbons (Fsp3) is 0.440. The SMILES string of the molecule is CN1C(=O)NC(=O)[C@@]12Cc1ccc(NC(=O)CN3CCC[C@H](C4C=CC=CC4)C3=O)cc1C2. The lowest BCUT2D eigenvalue weighted by Gasteiger charge is -2.35. The van der Waals surface area contributed by atoms with Gasteiger partial charge in [0, 0.05) is 38.0 Å². The number of piperidine rings is 1. The molecular formula is C25H28N4O4. The summed E-state index contributed by atoms with van der Waals surface area (Å²) in [5, 5.41) is 5.30. The van der Waals surface area contributed by atoms with Gasteiger partial charge in [-0.1, -0.05) is 30.4 Å². The minimum absolute atomic E-state index is 0.0300. The quantitative estimate of drug-likeness (QED) is 0.689. The number of carbonyl (C=O) groups excluding carboxylic acids is 4. The fourth-order valence-corrected chi connectivity index (χ4v) is 5.57. The molecule has 0 saturated carbocycles. The Morgan fingerprint density at radius 2 is 2.00 bits per heavy atom. The highest BCUT2D eigenvalue weighted by atomic mass is 16.2. The van der Waals surface area contributed by atoms with E-state index in [2.05, 4.69) is 22.8 Å². The highest BCUT2D eigenvalue weighted by molar-refractivity contribution is 6.07. The molecule has 0 bridgehead atoms. The van der Waals surface area contributed by atoms with Gasteiger partial charge >= 0.3 is 6.03 Å². The number of fused-ring (bicyclic) bond motifs is 1. The highest BCUT2D eigenvalue weighted by Gasteiger charge is 2.54. The predicted octanol–water partition coefficient (Wildman–Crippen LogP) is 2.01. The van der Waals surface area contributed by atoms with E-state index in [4.69, 9.17) is 0 Å². The molecule has 1 unspecified atom stereocenters. The third-order valence-electron chi connectivity index (χ3n) is 7.48. The van der Waals surface area contributed by atoms with Crippen LogP contribution >= 0.6 is 0 Å². The van der Waals surface area contributed by atoms with Gasteiger partial charge in [0.1, 0.15) is 5.54 Å². The molecule has 2 aliphatic carbocycles. The normalized spacial score (nSPS) is 28.5. The number of urea groups is 1. The van der Waals surface area contributed by atoms with Crippen LogP contribution in [0.5, 0.6) is 0 Å². The molecule has 5 rings (SSSR count). The largest absolute Gasteiger partial charge is 0.333 e. The van der Waals surface area contributed by atoms with E-state index in [1.54, 1.807) is 11.9 Å². The third kappa shape index (κ3) is 3.73. The molecule has 2 heterocycles. The molecule has 1 aromatic carbocycles. The number of likely N-dealkylation sites (tertiary alicyclic amines) is 1. The Morgan fingerprint density at radius 3 is 2.73 bits per heavy atom. The molecule has 0 aromatic heterocycles. The van der Waals surface area contributed by atoms with Crippen LogP contribution in [-0.4, -0.2) is 59.2 Å². The molecule has 2 fully saturated rings. The zero-order valence-corrected chi connectivity index (χ0v) is 18.7. The van der Waals surface area contributed by atoms with E-state index in [-0.39, 0.29) is 42.1 Å². The predicted molar refractivity (Wildman–Crippen MR) is 122 cm³/mol. The Balaban J connectivity index is 1.23. The summed E-state index contributed by atoms with van der Waals surface area (Å²) in [6.45, 7) is 0.624. The lowest BCUT2D eigenvalue weighted by Crippen LogP contribution is -2.48. The second-order valence-corrected chi connectivity index (χ2v) is 9.46. The number of anilines is 1. The van der Waals surface area contributed by atoms with Crippen molar-refractivity contribution >= 4 is 29.4 Å². The van der Waals surface area contributed by atoms with Gasteiger partial charge in [0.15, 0.2) is 0 Å². The Bertz CT molecular complexity index is 1090. The molecule has 4 aliphatic rings. The van der Waals surface area contributed by atoms with Gasteiger partial charge < -0.3 is 15.1 Å². The molecule has 1 spiro atoms. The summed E-state index contributed by atoms with van der Waals surface area (Å²) >= 11 is 0. The molecule has 33 heavy (non-hydrogen) atoms. The van der Waals surface area contributed by atoms with E-state index in [0.29, 0.717) is 25.1 Å². The number of rotatable bonds is 4. The molecule has 5 amide bonds. The number of imide groups is 1. The lowest BCUT2D eigenvalue weighted by atomic mass is 9.81. The molecule has 2 aliphatic heterocycles. The van der Waals surface area contributed by atoms with Crippen molar-refractivity contribution in [1.82, 2.24) is 15.1 Å². The molecule has 8 heteroatoms. The van der Waals surface area contributed by atoms with E-state index in [0.717, 1.165) is 30.4 Å². The lowest BCUT2D eigenvalue weighted by molar-refractivity contribution is -0.142. The number of likely N-dealkylation sites (N-methyl/N-ethyl adjacent to an activating group) is 1. The number of hydrogen-bond donors (Lipinski definition) is 2. The zero-order valence-electron chi connectivity index (χ0n) is 18.7. The maximum absolute atomic E-state index is 13.0. The number of hydrogen-bond acceptors (Lipinski definition) is 4. The van der Waals surface area contributed by atoms with Crippen molar-refractivity contribution in [2.24, 2.45) is 11.8 Å². The van der Waals surface area contributed by atoms with E-state index in [9.17, 15) is 19.2 Å². The standard InChI is InChI=1S/C25H28N4O4/c1-28-24(33)27-23(32)25(28)13-17-9-10-19(12-18(17)14-25)26-21(30)15-29-11-5-8-20(22(29)31)16-6-3-2-4-7-16/h2-4,6,9-10,12,16,20H,5,7-8,11,13-15H2,1H3,(H,26,30)(H,27,32,33)/t16?,20-,25+/m1/s1. The first kappa shape index (κ1) is 21.4. The van der Waals surface area contributed by atoms with Crippen LogP contribution in [0.15, 0.2) is 42.5 Å². The van der Waals surface area contributed by atoms with Crippen LogP contribution in [0, 0.1) is 11.8 Å². The smallest absolute Gasteiger partial charge is 0.324 e. The summed E-state index contributed by atoms with van der Waals surface area (Å²) in [6, 6.07) is 5.19. The van der Waals surface area contributed by atoms with E-state index in [1.165, 1.54) is 4.90 Å². The fourth-order valence-electron chi connectivity index (χ4n) is 5.57. The number of benzene rings is 1. The van der Waals surface area contributed by atoms with Crippen LogP contribution in [-0.2, 0) is 27.2 Å². The van der Waals surface area contributed by atoms with E-state index in [1.807, 2.05) is 30.4 Å². The zero-order chi connectivity index (χ0) is 23.2. The van der Waals surface area contributed by atoms with Crippen LogP contribution in [0.2, 0.25) is 0 Å². The number of nitrogens with one attached hydrogen (secondary N) is 2. The minimum atomic E-state index is -0.889. The summed E-state index contributed by atoms with van der Waals surface area (Å²) < 4.78 is 0. The number of amides is 5. The van der Waals surface area contributed by atoms with Crippen LogP contribution in [0.4, 0.5) is 10.5 Å². The maximum Gasteiger partial charge on any atom is 0.324 e. The van der Waals surface area contributed by atoms with Crippen LogP contribution in [0.1, 0.15) is 30.4 Å². The minimum Gasteiger partial charge on any atom is -0.333 e. The molecule has 2 N–H and O–H groups in total. The first-order chi connectivity index (χ1) is 15.9. The van der Waals surface area contributed by atoms with Gasteiger partial charge in [-0.2, -0.15) is 0 Å². The molecule has 3 atom stereocenters. The first-order valence-corrected chi connectivity index (χ1v) is 11.5.